The van der Waals surface area contributed by atoms with Gasteiger partial charge in [-0.25, -0.2) is 0 Å². The topological polar surface area (TPSA) is 8.17 Å². The van der Waals surface area contributed by atoms with Gasteiger partial charge in [0.2, 0.25) is 0 Å². The summed E-state index contributed by atoms with van der Waals surface area (Å²) < 4.78 is 5.01. The van der Waals surface area contributed by atoms with Crippen LogP contribution in [0.3, 0.4) is 0 Å². The normalized spacial score (nSPS) is 11.5. The summed E-state index contributed by atoms with van der Waals surface area (Å²) >= 11 is 1.85. The Hall–Kier alpha value is -7.98. The van der Waals surface area contributed by atoms with Gasteiger partial charge < -0.3 is 9.47 Å². The minimum Gasteiger partial charge on any atom is -0.310 e. The Labute approximate surface area is 370 Å². The average Bonchev–Trinajstić information content (AvgIpc) is 3.90. The fourth-order valence-corrected chi connectivity index (χ4v) is 10.5. The van der Waals surface area contributed by atoms with Crippen molar-refractivity contribution in [2.75, 3.05) is 4.90 Å². The van der Waals surface area contributed by atoms with Crippen molar-refractivity contribution < 1.29 is 0 Å². The van der Waals surface area contributed by atoms with Gasteiger partial charge in [-0.3, -0.25) is 0 Å². The van der Waals surface area contributed by atoms with Gasteiger partial charge in [0.25, 0.3) is 0 Å². The minimum atomic E-state index is 1.10. The Morgan fingerprint density at radius 2 is 0.762 bits per heavy atom. The zero-order valence-corrected chi connectivity index (χ0v) is 35.2. The molecule has 0 amide bonds. The van der Waals surface area contributed by atoms with Crippen LogP contribution in [-0.4, -0.2) is 4.57 Å². The molecule has 0 radical (unpaired) electrons. The first kappa shape index (κ1) is 36.8. The molecule has 0 saturated heterocycles. The van der Waals surface area contributed by atoms with Crippen LogP contribution in [0.5, 0.6) is 0 Å². The van der Waals surface area contributed by atoms with Crippen LogP contribution < -0.4 is 4.90 Å². The van der Waals surface area contributed by atoms with Crippen LogP contribution in [0.25, 0.3) is 92.2 Å². The second-order valence-corrected chi connectivity index (χ2v) is 17.2. The maximum Gasteiger partial charge on any atom is 0.0541 e. The largest absolute Gasteiger partial charge is 0.310 e. The molecule has 2 nitrogen and oxygen atoms in total. The lowest BCUT2D eigenvalue weighted by molar-refractivity contribution is 1.18. The van der Waals surface area contributed by atoms with E-state index < -0.39 is 0 Å². The van der Waals surface area contributed by atoms with Gasteiger partial charge in [0, 0.05) is 53.4 Å². The molecule has 12 aromatic rings. The number of aromatic nitrogens is 1. The summed E-state index contributed by atoms with van der Waals surface area (Å²) in [5.74, 6) is 0. The van der Waals surface area contributed by atoms with Gasteiger partial charge >= 0.3 is 0 Å². The van der Waals surface area contributed by atoms with E-state index >= 15 is 0 Å². The molecule has 12 rings (SSSR count). The van der Waals surface area contributed by atoms with Gasteiger partial charge in [0.05, 0.1) is 22.4 Å². The molecule has 0 atom stereocenters. The Kier molecular flexibility index (Phi) is 9.06. The predicted molar refractivity (Wildman–Crippen MR) is 270 cm³/mol. The molecular formula is C60H40N2S. The summed E-state index contributed by atoms with van der Waals surface area (Å²) in [6.45, 7) is 0. The van der Waals surface area contributed by atoms with Gasteiger partial charge in [0.1, 0.15) is 0 Å². The van der Waals surface area contributed by atoms with E-state index in [1.807, 2.05) is 11.3 Å². The third kappa shape index (κ3) is 6.50. The lowest BCUT2D eigenvalue weighted by Gasteiger charge is -2.28. The van der Waals surface area contributed by atoms with Gasteiger partial charge in [-0.2, -0.15) is 0 Å². The fourth-order valence-electron chi connectivity index (χ4n) is 9.41. The second kappa shape index (κ2) is 15.5. The predicted octanol–water partition coefficient (Wildman–Crippen LogP) is 17.3. The Bertz CT molecular complexity index is 3550. The average molecular weight is 821 g/mol. The van der Waals surface area contributed by atoms with Crippen LogP contribution in [0.4, 0.5) is 17.1 Å². The van der Waals surface area contributed by atoms with Gasteiger partial charge in [-0.05, 0) is 94.0 Å². The van der Waals surface area contributed by atoms with Crippen molar-refractivity contribution in [3.63, 3.8) is 0 Å². The van der Waals surface area contributed by atoms with Crippen molar-refractivity contribution in [3.05, 3.63) is 243 Å². The zero-order chi connectivity index (χ0) is 41.7. The molecule has 0 spiro atoms. The fraction of sp³-hybridized carbons (Fsp3) is 0. The van der Waals surface area contributed by atoms with E-state index in [4.69, 9.17) is 0 Å². The summed E-state index contributed by atoms with van der Waals surface area (Å²) in [6, 6.07) is 88.3. The van der Waals surface area contributed by atoms with Crippen LogP contribution >= 0.6 is 11.3 Å². The quantitative estimate of drug-likeness (QED) is 0.148. The first-order valence-corrected chi connectivity index (χ1v) is 22.3. The first-order valence-electron chi connectivity index (χ1n) is 21.5. The van der Waals surface area contributed by atoms with Crippen molar-refractivity contribution in [1.82, 2.24) is 4.57 Å². The third-order valence-corrected chi connectivity index (χ3v) is 13.6. The molecule has 0 unspecified atom stereocenters. The summed E-state index contributed by atoms with van der Waals surface area (Å²) in [5.41, 5.74) is 16.5. The first-order chi connectivity index (χ1) is 31.2. The Balaban J connectivity index is 0.924. The maximum absolute atomic E-state index is 2.42. The van der Waals surface area contributed by atoms with Crippen molar-refractivity contribution >= 4 is 70.4 Å². The number of rotatable bonds is 8. The number of anilines is 3. The summed E-state index contributed by atoms with van der Waals surface area (Å²) in [7, 11) is 0. The molecule has 0 saturated carbocycles. The molecule has 0 aliphatic heterocycles. The molecule has 2 aromatic heterocycles. The SMILES string of the molecule is c1ccc(-c2ccc(-c3ccccc3N(c3ccc(-c4ccc(-c5ccccc5-n5c6ccccc6c6ccccc65)cc4)cc3)c3ccc4sc5ccccc5c4c3)cc2)cc1. The lowest BCUT2D eigenvalue weighted by atomic mass is 9.97. The highest BCUT2D eigenvalue weighted by Gasteiger charge is 2.20. The number of hydrogen-bond donors (Lipinski definition) is 0. The van der Waals surface area contributed by atoms with Crippen LogP contribution in [0.2, 0.25) is 0 Å². The van der Waals surface area contributed by atoms with Gasteiger partial charge in [-0.15, -0.1) is 11.3 Å². The zero-order valence-electron chi connectivity index (χ0n) is 34.4. The monoisotopic (exact) mass is 820 g/mol. The highest BCUT2D eigenvalue weighted by Crippen LogP contribution is 2.45. The molecule has 0 fully saturated rings. The third-order valence-electron chi connectivity index (χ3n) is 12.4. The van der Waals surface area contributed by atoms with Crippen LogP contribution in [0, 0.1) is 0 Å². The van der Waals surface area contributed by atoms with E-state index in [9.17, 15) is 0 Å². The van der Waals surface area contributed by atoms with Gasteiger partial charge in [-0.1, -0.05) is 182 Å². The number of para-hydroxylation sites is 4. The van der Waals surface area contributed by atoms with Crippen molar-refractivity contribution in [2.24, 2.45) is 0 Å². The van der Waals surface area contributed by atoms with E-state index in [2.05, 4.69) is 252 Å². The number of hydrogen-bond acceptors (Lipinski definition) is 2. The molecule has 3 heteroatoms. The Morgan fingerprint density at radius 3 is 1.44 bits per heavy atom. The highest BCUT2D eigenvalue weighted by molar-refractivity contribution is 7.25. The number of fused-ring (bicyclic) bond motifs is 6. The number of benzene rings is 10. The van der Waals surface area contributed by atoms with E-state index in [0.717, 1.165) is 17.1 Å². The molecule has 0 bridgehead atoms. The van der Waals surface area contributed by atoms with Crippen molar-refractivity contribution in [1.29, 1.82) is 0 Å². The van der Waals surface area contributed by atoms with E-state index in [0.29, 0.717) is 0 Å². The molecule has 0 N–H and O–H groups in total. The molecular weight excluding hydrogens is 781 g/mol. The van der Waals surface area contributed by atoms with E-state index in [-0.39, 0.29) is 0 Å². The number of nitrogens with zero attached hydrogens (tertiary/aromatic N) is 2. The minimum absolute atomic E-state index is 1.10. The standard InChI is InChI=1S/C60H40N2S/c1-2-14-41(15-3-1)42-26-30-45(31-27-42)49-16-4-9-21-55(49)61(48-38-39-60-54(40-48)53-20-8-13-25-59(53)63-60)47-36-34-44(35-37-47)43-28-32-46(33-29-43)50-17-5-10-22-56(50)62-57-23-11-6-18-51(57)52-19-7-12-24-58(52)62/h1-40H. The smallest absolute Gasteiger partial charge is 0.0541 e. The molecule has 63 heavy (non-hydrogen) atoms. The van der Waals surface area contributed by atoms with E-state index in [1.165, 1.54) is 92.2 Å². The van der Waals surface area contributed by atoms with Crippen molar-refractivity contribution in [3.8, 4) is 50.2 Å². The summed E-state index contributed by atoms with van der Waals surface area (Å²) in [6.07, 6.45) is 0. The number of thiophene rings is 1. The molecule has 2 heterocycles. The lowest BCUT2D eigenvalue weighted by Crippen LogP contribution is -2.11. The van der Waals surface area contributed by atoms with Gasteiger partial charge in [0.15, 0.2) is 0 Å². The molecule has 296 valence electrons. The van der Waals surface area contributed by atoms with Crippen LogP contribution in [0.1, 0.15) is 0 Å². The molecule has 0 aliphatic rings. The van der Waals surface area contributed by atoms with Crippen LogP contribution in [0.15, 0.2) is 243 Å². The summed E-state index contributed by atoms with van der Waals surface area (Å²) in [5, 5.41) is 5.10. The van der Waals surface area contributed by atoms with Crippen LogP contribution in [-0.2, 0) is 0 Å². The maximum atomic E-state index is 2.42. The van der Waals surface area contributed by atoms with E-state index in [1.54, 1.807) is 0 Å². The molecule has 10 aromatic carbocycles. The Morgan fingerprint density at radius 1 is 0.302 bits per heavy atom. The molecule has 0 aliphatic carbocycles. The highest BCUT2D eigenvalue weighted by atomic mass is 32.1. The van der Waals surface area contributed by atoms with Crippen molar-refractivity contribution in [2.45, 2.75) is 0 Å². The summed E-state index contributed by atoms with van der Waals surface area (Å²) in [4.78, 5) is 2.42. The second-order valence-electron chi connectivity index (χ2n) is 16.1.